The molecule has 1 aromatic heterocycles. The second-order valence-electron chi connectivity index (χ2n) is 7.00. The van der Waals surface area contributed by atoms with Crippen LogP contribution in [-0.4, -0.2) is 17.9 Å². The summed E-state index contributed by atoms with van der Waals surface area (Å²) in [5.74, 6) is 0.516. The number of aromatic nitrogens is 1. The van der Waals surface area contributed by atoms with Crippen molar-refractivity contribution in [3.63, 3.8) is 0 Å². The molecule has 0 fully saturated rings. The maximum atomic E-state index is 13.2. The van der Waals surface area contributed by atoms with Crippen molar-refractivity contribution in [2.45, 2.75) is 6.92 Å². The van der Waals surface area contributed by atoms with Gasteiger partial charge in [0, 0.05) is 40.1 Å². The van der Waals surface area contributed by atoms with Gasteiger partial charge >= 0.3 is 0 Å². The number of rotatable bonds is 4. The van der Waals surface area contributed by atoms with Crippen molar-refractivity contribution in [3.05, 3.63) is 94.1 Å². The van der Waals surface area contributed by atoms with E-state index in [1.54, 1.807) is 30.3 Å². The van der Waals surface area contributed by atoms with Gasteiger partial charge in [0.25, 0.3) is 5.91 Å². The van der Waals surface area contributed by atoms with Crippen molar-refractivity contribution < 1.29 is 4.79 Å². The minimum Gasteiger partial charge on any atom is -0.340 e. The van der Waals surface area contributed by atoms with E-state index >= 15 is 0 Å². The molecule has 150 valence electrons. The average molecular weight is 436 g/mol. The van der Waals surface area contributed by atoms with Gasteiger partial charge in [0.05, 0.1) is 5.56 Å². The Kier molecular flexibility index (Phi) is 5.62. The minimum absolute atomic E-state index is 0.147. The molecule has 4 aromatic rings. The maximum absolute atomic E-state index is 13.2. The number of anilines is 3. The van der Waals surface area contributed by atoms with E-state index in [0.717, 1.165) is 27.7 Å². The number of nitrogens with zero attached hydrogens (tertiary/aromatic N) is 2. The Morgan fingerprint density at radius 1 is 0.967 bits per heavy atom. The number of pyridine rings is 1. The van der Waals surface area contributed by atoms with Gasteiger partial charge in [-0.1, -0.05) is 53.5 Å². The lowest BCUT2D eigenvalue weighted by atomic mass is 10.1. The Hall–Kier alpha value is -3.08. The summed E-state index contributed by atoms with van der Waals surface area (Å²) < 4.78 is 0. The van der Waals surface area contributed by atoms with Crippen LogP contribution in [0.1, 0.15) is 15.9 Å². The molecule has 3 aromatic carbocycles. The number of hydrogen-bond acceptors (Lipinski definition) is 3. The van der Waals surface area contributed by atoms with Crippen molar-refractivity contribution in [2.24, 2.45) is 0 Å². The molecule has 1 heterocycles. The first-order chi connectivity index (χ1) is 14.4. The Morgan fingerprint density at radius 2 is 1.67 bits per heavy atom. The number of carbonyl (C=O) groups excluding carboxylic acids is 1. The molecule has 0 radical (unpaired) electrons. The van der Waals surface area contributed by atoms with E-state index in [0.29, 0.717) is 21.4 Å². The third-order valence-electron chi connectivity index (χ3n) is 4.98. The van der Waals surface area contributed by atoms with Gasteiger partial charge in [0.15, 0.2) is 0 Å². The monoisotopic (exact) mass is 435 g/mol. The number of aryl methyl sites for hydroxylation is 1. The lowest BCUT2D eigenvalue weighted by Crippen LogP contribution is -2.26. The Labute approximate surface area is 185 Å². The van der Waals surface area contributed by atoms with E-state index in [1.807, 2.05) is 61.5 Å². The fourth-order valence-electron chi connectivity index (χ4n) is 3.23. The number of benzene rings is 3. The third kappa shape index (κ3) is 3.97. The standard InChI is InChI=1S/C24H19Cl2N3O/c1-15-7-10-17(13-22(15)26)28-23-20-6-4-3-5-19(20)21(14-27-23)24(30)29(2)18-11-8-16(25)9-12-18/h3-14H,1-2H3,(H,27,28). The highest BCUT2D eigenvalue weighted by Crippen LogP contribution is 2.30. The lowest BCUT2D eigenvalue weighted by molar-refractivity contribution is 0.0994. The molecule has 6 heteroatoms. The summed E-state index contributed by atoms with van der Waals surface area (Å²) in [6.07, 6.45) is 1.61. The van der Waals surface area contributed by atoms with Crippen LogP contribution in [0.2, 0.25) is 10.0 Å². The predicted molar refractivity (Wildman–Crippen MR) is 125 cm³/mol. The van der Waals surface area contributed by atoms with E-state index in [2.05, 4.69) is 10.3 Å². The highest BCUT2D eigenvalue weighted by Gasteiger charge is 2.18. The van der Waals surface area contributed by atoms with E-state index < -0.39 is 0 Å². The number of fused-ring (bicyclic) bond motifs is 1. The van der Waals surface area contributed by atoms with Gasteiger partial charge in [-0.3, -0.25) is 4.79 Å². The molecule has 1 N–H and O–H groups in total. The maximum Gasteiger partial charge on any atom is 0.260 e. The second kappa shape index (κ2) is 8.34. The van der Waals surface area contributed by atoms with Crippen LogP contribution >= 0.6 is 23.2 Å². The SMILES string of the molecule is Cc1ccc(Nc2ncc(C(=O)N(C)c3ccc(Cl)cc3)c3ccccc23)cc1Cl. The fourth-order valence-corrected chi connectivity index (χ4v) is 3.54. The molecule has 0 aliphatic heterocycles. The molecule has 0 atom stereocenters. The van der Waals surface area contributed by atoms with Crippen LogP contribution in [0.25, 0.3) is 10.8 Å². The normalized spacial score (nSPS) is 10.8. The quantitative estimate of drug-likeness (QED) is 0.380. The number of carbonyl (C=O) groups is 1. The zero-order chi connectivity index (χ0) is 21.3. The molecule has 0 spiro atoms. The van der Waals surface area contributed by atoms with Crippen LogP contribution in [0.5, 0.6) is 0 Å². The van der Waals surface area contributed by atoms with Crippen molar-refractivity contribution >= 4 is 57.1 Å². The van der Waals surface area contributed by atoms with E-state index in [-0.39, 0.29) is 5.91 Å². The van der Waals surface area contributed by atoms with Crippen LogP contribution in [0, 0.1) is 6.92 Å². The summed E-state index contributed by atoms with van der Waals surface area (Å²) in [4.78, 5) is 19.3. The van der Waals surface area contributed by atoms with E-state index in [9.17, 15) is 4.79 Å². The number of halogens is 2. The van der Waals surface area contributed by atoms with Gasteiger partial charge < -0.3 is 10.2 Å². The summed E-state index contributed by atoms with van der Waals surface area (Å²) >= 11 is 12.2. The summed E-state index contributed by atoms with van der Waals surface area (Å²) in [5.41, 5.74) is 3.12. The Morgan fingerprint density at radius 3 is 2.37 bits per heavy atom. The molecular formula is C24H19Cl2N3O. The fraction of sp³-hybridized carbons (Fsp3) is 0.0833. The van der Waals surface area contributed by atoms with E-state index in [4.69, 9.17) is 23.2 Å². The van der Waals surface area contributed by atoms with Crippen molar-refractivity contribution in [3.8, 4) is 0 Å². The third-order valence-corrected chi connectivity index (χ3v) is 5.64. The smallest absolute Gasteiger partial charge is 0.260 e. The largest absolute Gasteiger partial charge is 0.340 e. The Balaban J connectivity index is 1.72. The molecule has 30 heavy (non-hydrogen) atoms. The summed E-state index contributed by atoms with van der Waals surface area (Å²) in [6, 6.07) is 20.6. The zero-order valence-corrected chi connectivity index (χ0v) is 18.0. The van der Waals surface area contributed by atoms with Gasteiger partial charge in [-0.15, -0.1) is 0 Å². The Bertz CT molecular complexity index is 1240. The molecular weight excluding hydrogens is 417 g/mol. The van der Waals surface area contributed by atoms with E-state index in [1.165, 1.54) is 0 Å². The minimum atomic E-state index is -0.147. The second-order valence-corrected chi connectivity index (χ2v) is 7.84. The molecule has 0 unspecified atom stereocenters. The highest BCUT2D eigenvalue weighted by atomic mass is 35.5. The van der Waals surface area contributed by atoms with Crippen molar-refractivity contribution in [2.75, 3.05) is 17.3 Å². The number of amides is 1. The average Bonchev–Trinajstić information content (AvgIpc) is 2.76. The topological polar surface area (TPSA) is 45.2 Å². The number of nitrogens with one attached hydrogen (secondary N) is 1. The lowest BCUT2D eigenvalue weighted by Gasteiger charge is -2.19. The summed E-state index contributed by atoms with van der Waals surface area (Å²) in [5, 5.41) is 6.29. The molecule has 0 bridgehead atoms. The molecule has 1 amide bonds. The van der Waals surface area contributed by atoms with Gasteiger partial charge in [0.2, 0.25) is 0 Å². The molecule has 4 nitrogen and oxygen atoms in total. The van der Waals surface area contributed by atoms with Crippen molar-refractivity contribution in [1.29, 1.82) is 0 Å². The molecule has 0 saturated heterocycles. The predicted octanol–water partition coefficient (Wildman–Crippen LogP) is 6.87. The molecule has 0 aliphatic rings. The summed E-state index contributed by atoms with van der Waals surface area (Å²) in [6.45, 7) is 1.96. The summed E-state index contributed by atoms with van der Waals surface area (Å²) in [7, 11) is 1.74. The molecule has 0 aliphatic carbocycles. The van der Waals surface area contributed by atoms with Gasteiger partial charge in [-0.2, -0.15) is 0 Å². The number of hydrogen-bond donors (Lipinski definition) is 1. The van der Waals surface area contributed by atoms with Crippen LogP contribution in [-0.2, 0) is 0 Å². The van der Waals surface area contributed by atoms with Gasteiger partial charge in [-0.25, -0.2) is 4.98 Å². The van der Waals surface area contributed by atoms with Crippen LogP contribution in [0.15, 0.2) is 72.9 Å². The highest BCUT2D eigenvalue weighted by molar-refractivity contribution is 6.31. The first-order valence-corrected chi connectivity index (χ1v) is 10.1. The van der Waals surface area contributed by atoms with Crippen LogP contribution < -0.4 is 10.2 Å². The van der Waals surface area contributed by atoms with Crippen molar-refractivity contribution in [1.82, 2.24) is 4.98 Å². The molecule has 0 saturated carbocycles. The first-order valence-electron chi connectivity index (χ1n) is 9.38. The first kappa shape index (κ1) is 20.2. The van der Waals surface area contributed by atoms with Gasteiger partial charge in [-0.05, 0) is 54.3 Å². The zero-order valence-electron chi connectivity index (χ0n) is 16.5. The van der Waals surface area contributed by atoms with Gasteiger partial charge in [0.1, 0.15) is 5.82 Å². The van der Waals surface area contributed by atoms with Crippen LogP contribution in [0.3, 0.4) is 0 Å². The van der Waals surface area contributed by atoms with Crippen LogP contribution in [0.4, 0.5) is 17.2 Å². The molecule has 4 rings (SSSR count).